The second-order valence-electron chi connectivity index (χ2n) is 6.40. The third-order valence-corrected chi connectivity index (χ3v) is 4.75. The molecule has 1 saturated heterocycles. The van der Waals surface area contributed by atoms with Gasteiger partial charge in [-0.3, -0.25) is 19.5 Å². The van der Waals surface area contributed by atoms with Crippen molar-refractivity contribution in [2.75, 3.05) is 13.6 Å². The van der Waals surface area contributed by atoms with Crippen LogP contribution in [0.15, 0.2) is 54.9 Å². The van der Waals surface area contributed by atoms with Crippen LogP contribution < -0.4 is 10.6 Å². The second-order valence-corrected chi connectivity index (χ2v) is 6.40. The van der Waals surface area contributed by atoms with Gasteiger partial charge >= 0.3 is 0 Å². The van der Waals surface area contributed by atoms with E-state index in [0.29, 0.717) is 6.54 Å². The number of amides is 2. The van der Waals surface area contributed by atoms with Gasteiger partial charge in [0.2, 0.25) is 11.8 Å². The predicted octanol–water partition coefficient (Wildman–Crippen LogP) is 1.65. The Morgan fingerprint density at radius 3 is 2.62 bits per heavy atom. The fourth-order valence-electron chi connectivity index (χ4n) is 3.45. The highest BCUT2D eigenvalue weighted by Crippen LogP contribution is 2.30. The molecule has 2 heterocycles. The highest BCUT2D eigenvalue weighted by atomic mass is 16.2. The Hall–Kier alpha value is -2.73. The zero-order chi connectivity index (χ0) is 18.4. The molecule has 0 saturated carbocycles. The lowest BCUT2D eigenvalue weighted by Gasteiger charge is -2.31. The lowest BCUT2D eigenvalue weighted by molar-refractivity contribution is -0.131. The number of aromatic nitrogens is 1. The van der Waals surface area contributed by atoms with Gasteiger partial charge in [-0.2, -0.15) is 0 Å². The molecule has 1 aromatic heterocycles. The van der Waals surface area contributed by atoms with E-state index in [-0.39, 0.29) is 17.9 Å². The number of nitrogens with one attached hydrogen (secondary N) is 2. The molecule has 0 radical (unpaired) electrons. The average Bonchev–Trinajstić information content (AvgIpc) is 3.17. The largest absolute Gasteiger partial charge is 0.358 e. The van der Waals surface area contributed by atoms with Crippen LogP contribution in [0.2, 0.25) is 0 Å². The van der Waals surface area contributed by atoms with Crippen molar-refractivity contribution in [3.05, 3.63) is 66.0 Å². The van der Waals surface area contributed by atoms with Crippen molar-refractivity contribution in [2.45, 2.75) is 31.5 Å². The summed E-state index contributed by atoms with van der Waals surface area (Å²) < 4.78 is 0. The van der Waals surface area contributed by atoms with E-state index in [1.54, 1.807) is 19.4 Å². The highest BCUT2D eigenvalue weighted by molar-refractivity contribution is 5.86. The zero-order valence-corrected chi connectivity index (χ0v) is 14.9. The average molecular weight is 352 g/mol. The van der Waals surface area contributed by atoms with E-state index in [0.717, 1.165) is 30.5 Å². The van der Waals surface area contributed by atoms with Crippen LogP contribution in [0.25, 0.3) is 0 Å². The quantitative estimate of drug-likeness (QED) is 0.829. The fraction of sp³-hybridized carbons (Fsp3) is 0.350. The monoisotopic (exact) mass is 352 g/mol. The third-order valence-electron chi connectivity index (χ3n) is 4.75. The number of nitrogens with zero attached hydrogens (tertiary/aromatic N) is 2. The molecule has 26 heavy (non-hydrogen) atoms. The van der Waals surface area contributed by atoms with Gasteiger partial charge in [0.15, 0.2) is 0 Å². The smallest absolute Gasteiger partial charge is 0.241 e. The Morgan fingerprint density at radius 1 is 1.19 bits per heavy atom. The lowest BCUT2D eigenvalue weighted by Crippen LogP contribution is -2.48. The maximum absolute atomic E-state index is 12.8. The maximum atomic E-state index is 12.8. The lowest BCUT2D eigenvalue weighted by atomic mass is 10.0. The van der Waals surface area contributed by atoms with Gasteiger partial charge in [-0.25, -0.2) is 0 Å². The van der Waals surface area contributed by atoms with Crippen molar-refractivity contribution in [2.24, 2.45) is 0 Å². The second kappa shape index (κ2) is 8.58. The highest BCUT2D eigenvalue weighted by Gasteiger charge is 2.38. The summed E-state index contributed by atoms with van der Waals surface area (Å²) in [6.07, 6.45) is 5.07. The first-order chi connectivity index (χ1) is 12.7. The molecule has 1 aromatic carbocycles. The molecule has 136 valence electrons. The maximum Gasteiger partial charge on any atom is 0.241 e. The number of pyridine rings is 1. The van der Waals surface area contributed by atoms with Gasteiger partial charge < -0.3 is 10.6 Å². The number of hydrogen-bond acceptors (Lipinski definition) is 4. The number of likely N-dealkylation sites (N-methyl/N-ethyl adjacent to an activating group) is 1. The van der Waals surface area contributed by atoms with Gasteiger partial charge in [0.05, 0.1) is 6.04 Å². The Labute approximate surface area is 153 Å². The van der Waals surface area contributed by atoms with Crippen molar-refractivity contribution in [3.63, 3.8) is 0 Å². The first-order valence-corrected chi connectivity index (χ1v) is 8.89. The molecule has 1 aliphatic rings. The number of carbonyl (C=O) groups is 2. The van der Waals surface area contributed by atoms with Crippen LogP contribution in [0.4, 0.5) is 0 Å². The SMILES string of the molecule is CNC(=O)C(c1ccccc1)N1CCCC1C(=O)NCc1ccncc1. The van der Waals surface area contributed by atoms with Crippen molar-refractivity contribution in [3.8, 4) is 0 Å². The van der Waals surface area contributed by atoms with Gasteiger partial charge in [-0.1, -0.05) is 30.3 Å². The summed E-state index contributed by atoms with van der Waals surface area (Å²) in [5, 5.41) is 5.73. The Bertz CT molecular complexity index is 736. The number of likely N-dealkylation sites (tertiary alicyclic amines) is 1. The molecular formula is C20H24N4O2. The summed E-state index contributed by atoms with van der Waals surface area (Å²) in [5.74, 6) is -0.130. The van der Waals surface area contributed by atoms with Crippen LogP contribution in [-0.2, 0) is 16.1 Å². The van der Waals surface area contributed by atoms with Gasteiger partial charge in [0.1, 0.15) is 6.04 Å². The van der Waals surface area contributed by atoms with Gasteiger partial charge in [0, 0.05) is 32.5 Å². The summed E-state index contributed by atoms with van der Waals surface area (Å²) in [5.41, 5.74) is 1.91. The molecule has 2 amide bonds. The summed E-state index contributed by atoms with van der Waals surface area (Å²) >= 11 is 0. The molecular weight excluding hydrogens is 328 g/mol. The molecule has 2 N–H and O–H groups in total. The third kappa shape index (κ3) is 4.08. The van der Waals surface area contributed by atoms with Crippen LogP contribution in [0.5, 0.6) is 0 Å². The van der Waals surface area contributed by atoms with Crippen LogP contribution >= 0.6 is 0 Å². The summed E-state index contributed by atoms with van der Waals surface area (Å²) in [7, 11) is 1.63. The predicted molar refractivity (Wildman–Crippen MR) is 99.1 cm³/mol. The van der Waals surface area contributed by atoms with E-state index < -0.39 is 6.04 Å². The van der Waals surface area contributed by atoms with Crippen LogP contribution in [0, 0.1) is 0 Å². The van der Waals surface area contributed by atoms with Gasteiger partial charge in [-0.05, 0) is 36.1 Å². The number of hydrogen-bond donors (Lipinski definition) is 2. The van der Waals surface area contributed by atoms with Gasteiger partial charge in [0.25, 0.3) is 0 Å². The number of rotatable bonds is 6. The molecule has 2 unspecified atom stereocenters. The summed E-state index contributed by atoms with van der Waals surface area (Å²) in [6.45, 7) is 1.18. The van der Waals surface area contributed by atoms with E-state index in [4.69, 9.17) is 0 Å². The topological polar surface area (TPSA) is 74.3 Å². The molecule has 3 rings (SSSR count). The van der Waals surface area contributed by atoms with Crippen LogP contribution in [-0.4, -0.2) is 41.3 Å². The van der Waals surface area contributed by atoms with E-state index in [1.165, 1.54) is 0 Å². The first kappa shape index (κ1) is 18.1. The number of benzene rings is 1. The molecule has 6 nitrogen and oxygen atoms in total. The molecule has 1 aliphatic heterocycles. The zero-order valence-electron chi connectivity index (χ0n) is 14.9. The summed E-state index contributed by atoms with van der Waals surface area (Å²) in [6, 6.07) is 12.6. The minimum Gasteiger partial charge on any atom is -0.358 e. The van der Waals surface area contributed by atoms with Crippen LogP contribution in [0.1, 0.15) is 30.0 Å². The number of carbonyl (C=O) groups excluding carboxylic acids is 2. The van der Waals surface area contributed by atoms with Crippen molar-refractivity contribution < 1.29 is 9.59 Å². The molecule has 0 aliphatic carbocycles. The molecule has 0 bridgehead atoms. The van der Waals surface area contributed by atoms with Crippen LogP contribution in [0.3, 0.4) is 0 Å². The Balaban J connectivity index is 1.74. The molecule has 0 spiro atoms. The van der Waals surface area contributed by atoms with Crippen molar-refractivity contribution >= 4 is 11.8 Å². The molecule has 2 aromatic rings. The van der Waals surface area contributed by atoms with E-state index in [1.807, 2.05) is 47.4 Å². The van der Waals surface area contributed by atoms with E-state index in [9.17, 15) is 9.59 Å². The van der Waals surface area contributed by atoms with Crippen molar-refractivity contribution in [1.82, 2.24) is 20.5 Å². The Kier molecular flexibility index (Phi) is 5.96. The standard InChI is InChI=1S/C20H24N4O2/c1-21-20(26)18(16-6-3-2-4-7-16)24-13-5-8-17(24)19(25)23-14-15-9-11-22-12-10-15/h2-4,6-7,9-12,17-18H,5,8,13-14H2,1H3,(H,21,26)(H,23,25). The molecule has 1 fully saturated rings. The minimum atomic E-state index is -0.458. The van der Waals surface area contributed by atoms with Crippen molar-refractivity contribution in [1.29, 1.82) is 0 Å². The molecule has 6 heteroatoms. The Morgan fingerprint density at radius 2 is 1.92 bits per heavy atom. The minimum absolute atomic E-state index is 0.0378. The normalized spacial score (nSPS) is 18.3. The summed E-state index contributed by atoms with van der Waals surface area (Å²) in [4.78, 5) is 31.3. The first-order valence-electron chi connectivity index (χ1n) is 8.89. The van der Waals surface area contributed by atoms with E-state index in [2.05, 4.69) is 15.6 Å². The molecule has 2 atom stereocenters. The fourth-order valence-corrected chi connectivity index (χ4v) is 3.45. The van der Waals surface area contributed by atoms with Gasteiger partial charge in [-0.15, -0.1) is 0 Å². The van der Waals surface area contributed by atoms with E-state index >= 15 is 0 Å².